The second-order valence-corrected chi connectivity index (χ2v) is 5.56. The van der Waals surface area contributed by atoms with Gasteiger partial charge in [-0.2, -0.15) is 0 Å². The lowest BCUT2D eigenvalue weighted by Gasteiger charge is -2.14. The Morgan fingerprint density at radius 1 is 1.13 bits per heavy atom. The Bertz CT molecular complexity index is 672. The minimum atomic E-state index is -1.52. The fraction of sp³-hybridized carbons (Fsp3) is 0.200. The van der Waals surface area contributed by atoms with Gasteiger partial charge in [-0.05, 0) is 23.6 Å². The standard InChI is InChI=1S/C15H14F2N2O3S/c16-9-3-1-4-10(17)14(9)11(20)7-18-13(21)8-19-15(22)12-5-2-6-23-12/h1-6,11,20H,7-8H2,(H,18,21)(H,19,22). The number of hydrogen-bond donors (Lipinski definition) is 3. The molecule has 3 N–H and O–H groups in total. The van der Waals surface area contributed by atoms with Crippen LogP contribution in [0.3, 0.4) is 0 Å². The van der Waals surface area contributed by atoms with Gasteiger partial charge in [-0.1, -0.05) is 12.1 Å². The fourth-order valence-electron chi connectivity index (χ4n) is 1.86. The van der Waals surface area contributed by atoms with E-state index in [1.165, 1.54) is 17.4 Å². The number of aliphatic hydroxyl groups excluding tert-OH is 1. The molecule has 0 saturated carbocycles. The van der Waals surface area contributed by atoms with Crippen LogP contribution in [0.4, 0.5) is 8.78 Å². The molecule has 0 fully saturated rings. The molecule has 0 bridgehead atoms. The summed E-state index contributed by atoms with van der Waals surface area (Å²) in [5, 5.41) is 16.2. The first-order chi connectivity index (χ1) is 11.0. The molecule has 1 aromatic carbocycles. The van der Waals surface area contributed by atoms with Crippen LogP contribution >= 0.6 is 11.3 Å². The molecule has 5 nitrogen and oxygen atoms in total. The third-order valence-corrected chi connectivity index (χ3v) is 3.85. The minimum Gasteiger partial charge on any atom is -0.386 e. The molecule has 0 aliphatic heterocycles. The fourth-order valence-corrected chi connectivity index (χ4v) is 2.50. The number of hydrogen-bond acceptors (Lipinski definition) is 4. The zero-order chi connectivity index (χ0) is 16.8. The number of rotatable bonds is 6. The van der Waals surface area contributed by atoms with Crippen molar-refractivity contribution >= 4 is 23.2 Å². The highest BCUT2D eigenvalue weighted by molar-refractivity contribution is 7.12. The average Bonchev–Trinajstić information content (AvgIpc) is 3.05. The van der Waals surface area contributed by atoms with E-state index in [2.05, 4.69) is 10.6 Å². The van der Waals surface area contributed by atoms with Crippen LogP contribution in [0.5, 0.6) is 0 Å². The summed E-state index contributed by atoms with van der Waals surface area (Å²) in [7, 11) is 0. The monoisotopic (exact) mass is 340 g/mol. The predicted octanol–water partition coefficient (Wildman–Crippen LogP) is 1.61. The summed E-state index contributed by atoms with van der Waals surface area (Å²) in [6.45, 7) is -0.672. The molecular weight excluding hydrogens is 326 g/mol. The Morgan fingerprint density at radius 3 is 2.43 bits per heavy atom. The Morgan fingerprint density at radius 2 is 1.83 bits per heavy atom. The maximum atomic E-state index is 13.5. The summed E-state index contributed by atoms with van der Waals surface area (Å²) in [5.74, 6) is -2.75. The van der Waals surface area contributed by atoms with E-state index in [1.54, 1.807) is 17.5 Å². The molecule has 2 aromatic rings. The number of carbonyl (C=O) groups is 2. The van der Waals surface area contributed by atoms with Crippen molar-refractivity contribution in [3.63, 3.8) is 0 Å². The molecule has 1 atom stereocenters. The highest BCUT2D eigenvalue weighted by Gasteiger charge is 2.18. The molecule has 8 heteroatoms. The molecule has 1 heterocycles. The van der Waals surface area contributed by atoms with Gasteiger partial charge in [0.1, 0.15) is 17.7 Å². The van der Waals surface area contributed by atoms with Crippen LogP contribution in [0.15, 0.2) is 35.7 Å². The number of thiophene rings is 1. The van der Waals surface area contributed by atoms with Gasteiger partial charge in [0.15, 0.2) is 0 Å². The summed E-state index contributed by atoms with van der Waals surface area (Å²) < 4.78 is 26.9. The number of aliphatic hydroxyl groups is 1. The molecular formula is C15H14F2N2O3S. The minimum absolute atomic E-state index is 0.302. The first kappa shape index (κ1) is 17.0. The van der Waals surface area contributed by atoms with Gasteiger partial charge >= 0.3 is 0 Å². The first-order valence-corrected chi connectivity index (χ1v) is 7.57. The van der Waals surface area contributed by atoms with Gasteiger partial charge in [0, 0.05) is 6.54 Å². The molecule has 2 amide bonds. The van der Waals surface area contributed by atoms with Gasteiger partial charge < -0.3 is 15.7 Å². The average molecular weight is 340 g/mol. The first-order valence-electron chi connectivity index (χ1n) is 6.69. The van der Waals surface area contributed by atoms with Gasteiger partial charge in [0.2, 0.25) is 5.91 Å². The highest BCUT2D eigenvalue weighted by atomic mass is 32.1. The molecule has 0 saturated heterocycles. The van der Waals surface area contributed by atoms with Crippen molar-refractivity contribution in [2.75, 3.05) is 13.1 Å². The SMILES string of the molecule is O=C(CNC(=O)c1cccs1)NCC(O)c1c(F)cccc1F. The van der Waals surface area contributed by atoms with Gasteiger partial charge in [-0.3, -0.25) is 9.59 Å². The van der Waals surface area contributed by atoms with Crippen molar-refractivity contribution in [3.05, 3.63) is 57.8 Å². The number of carbonyl (C=O) groups excluding carboxylic acids is 2. The summed E-state index contributed by atoms with van der Waals surface area (Å²) in [5.41, 5.74) is -0.504. The highest BCUT2D eigenvalue weighted by Crippen LogP contribution is 2.19. The maximum Gasteiger partial charge on any atom is 0.261 e. The zero-order valence-corrected chi connectivity index (χ0v) is 12.7. The number of amides is 2. The molecule has 122 valence electrons. The number of halogens is 2. The summed E-state index contributed by atoms with van der Waals surface area (Å²) in [6.07, 6.45) is -1.52. The normalized spacial score (nSPS) is 11.8. The van der Waals surface area contributed by atoms with E-state index in [9.17, 15) is 23.5 Å². The van der Waals surface area contributed by atoms with Crippen LogP contribution in [0.1, 0.15) is 21.3 Å². The van der Waals surface area contributed by atoms with Crippen molar-refractivity contribution in [2.45, 2.75) is 6.10 Å². The number of nitrogens with one attached hydrogen (secondary N) is 2. The molecule has 1 aromatic heterocycles. The van der Waals surface area contributed by atoms with Crippen LogP contribution in [0, 0.1) is 11.6 Å². The molecule has 2 rings (SSSR count). The Hall–Kier alpha value is -2.32. The predicted molar refractivity (Wildman–Crippen MR) is 81.0 cm³/mol. The van der Waals surface area contributed by atoms with E-state index >= 15 is 0 Å². The van der Waals surface area contributed by atoms with Crippen molar-refractivity contribution < 1.29 is 23.5 Å². The van der Waals surface area contributed by atoms with Crippen molar-refractivity contribution in [3.8, 4) is 0 Å². The van der Waals surface area contributed by atoms with E-state index in [-0.39, 0.29) is 13.1 Å². The largest absolute Gasteiger partial charge is 0.386 e. The van der Waals surface area contributed by atoms with E-state index in [0.717, 1.165) is 12.1 Å². The zero-order valence-electron chi connectivity index (χ0n) is 11.9. The summed E-state index contributed by atoms with van der Waals surface area (Å²) in [4.78, 5) is 23.7. The van der Waals surface area contributed by atoms with Crippen molar-refractivity contribution in [1.29, 1.82) is 0 Å². The lowest BCUT2D eigenvalue weighted by Crippen LogP contribution is -2.38. The van der Waals surface area contributed by atoms with Crippen LogP contribution < -0.4 is 10.6 Å². The number of benzene rings is 1. The van der Waals surface area contributed by atoms with Crippen LogP contribution in [0.25, 0.3) is 0 Å². The van der Waals surface area contributed by atoms with Crippen molar-refractivity contribution in [1.82, 2.24) is 10.6 Å². The molecule has 0 spiro atoms. The second-order valence-electron chi connectivity index (χ2n) is 4.62. The lowest BCUT2D eigenvalue weighted by molar-refractivity contribution is -0.120. The molecule has 0 aliphatic carbocycles. The Balaban J connectivity index is 1.81. The van der Waals surface area contributed by atoms with E-state index in [0.29, 0.717) is 4.88 Å². The van der Waals surface area contributed by atoms with Crippen LogP contribution in [0.2, 0.25) is 0 Å². The van der Waals surface area contributed by atoms with Gasteiger partial charge in [-0.15, -0.1) is 11.3 Å². The molecule has 1 unspecified atom stereocenters. The van der Waals surface area contributed by atoms with Gasteiger partial charge in [-0.25, -0.2) is 8.78 Å². The quantitative estimate of drug-likeness (QED) is 0.747. The van der Waals surface area contributed by atoms with Crippen LogP contribution in [-0.4, -0.2) is 30.0 Å². The molecule has 0 radical (unpaired) electrons. The summed E-state index contributed by atoms with van der Waals surface area (Å²) in [6, 6.07) is 6.54. The topological polar surface area (TPSA) is 78.4 Å². The summed E-state index contributed by atoms with van der Waals surface area (Å²) >= 11 is 1.23. The molecule has 23 heavy (non-hydrogen) atoms. The lowest BCUT2D eigenvalue weighted by atomic mass is 10.1. The van der Waals surface area contributed by atoms with Gasteiger partial charge in [0.05, 0.1) is 17.0 Å². The van der Waals surface area contributed by atoms with E-state index in [1.807, 2.05) is 0 Å². The third-order valence-electron chi connectivity index (χ3n) is 2.98. The second kappa shape index (κ2) is 7.80. The maximum absolute atomic E-state index is 13.5. The third kappa shape index (κ3) is 4.57. The van der Waals surface area contributed by atoms with E-state index in [4.69, 9.17) is 0 Å². The Labute approximate surface area is 135 Å². The Kier molecular flexibility index (Phi) is 5.78. The van der Waals surface area contributed by atoms with E-state index < -0.39 is 35.1 Å². The van der Waals surface area contributed by atoms with Crippen molar-refractivity contribution in [2.24, 2.45) is 0 Å². The van der Waals surface area contributed by atoms with Gasteiger partial charge in [0.25, 0.3) is 5.91 Å². The molecule has 0 aliphatic rings. The van der Waals surface area contributed by atoms with Crippen LogP contribution in [-0.2, 0) is 4.79 Å². The smallest absolute Gasteiger partial charge is 0.261 e.